The lowest BCUT2D eigenvalue weighted by Gasteiger charge is -2.07. The molecule has 1 aromatic carbocycles. The number of Topliss-reactive ketones (excluding diaryl/α,β-unsaturated/α-hetero) is 1. The van der Waals surface area contributed by atoms with Gasteiger partial charge in [0.15, 0.2) is 0 Å². The van der Waals surface area contributed by atoms with Crippen LogP contribution in [0.15, 0.2) is 24.3 Å². The van der Waals surface area contributed by atoms with Gasteiger partial charge in [-0.1, -0.05) is 37.6 Å². The van der Waals surface area contributed by atoms with Gasteiger partial charge in [-0.15, -0.1) is 0 Å². The summed E-state index contributed by atoms with van der Waals surface area (Å²) in [7, 11) is 0. The summed E-state index contributed by atoms with van der Waals surface area (Å²) < 4.78 is 0. The summed E-state index contributed by atoms with van der Waals surface area (Å²) >= 11 is 0. The molecule has 1 nitrogen and oxygen atoms in total. The van der Waals surface area contributed by atoms with Crippen molar-refractivity contribution in [2.24, 2.45) is 0 Å². The number of benzene rings is 1. The van der Waals surface area contributed by atoms with Gasteiger partial charge in [0.1, 0.15) is 5.78 Å². The van der Waals surface area contributed by atoms with Crippen molar-refractivity contribution in [2.75, 3.05) is 0 Å². The van der Waals surface area contributed by atoms with E-state index < -0.39 is 0 Å². The minimum atomic E-state index is 0.196. The fraction of sp³-hybridized carbons (Fsp3) is 0.417. The van der Waals surface area contributed by atoms with E-state index in [1.54, 1.807) is 0 Å². The van der Waals surface area contributed by atoms with E-state index in [1.165, 1.54) is 11.1 Å². The topological polar surface area (TPSA) is 17.1 Å². The number of fused-ring (bicyclic) bond motifs is 1. The second-order valence-electron chi connectivity index (χ2n) is 3.68. The first-order valence-corrected chi connectivity index (χ1v) is 4.93. The number of carbonyl (C=O) groups excluding carboxylic acids is 1. The van der Waals surface area contributed by atoms with Crippen LogP contribution in [0.25, 0.3) is 0 Å². The number of carbonyl (C=O) groups is 1. The van der Waals surface area contributed by atoms with Gasteiger partial charge in [-0.25, -0.2) is 0 Å². The summed E-state index contributed by atoms with van der Waals surface area (Å²) in [6.45, 7) is 2.13. The Morgan fingerprint density at radius 1 is 1.38 bits per heavy atom. The molecule has 0 heterocycles. The molecule has 0 amide bonds. The summed E-state index contributed by atoms with van der Waals surface area (Å²) in [6, 6.07) is 8.21. The molecule has 0 unspecified atom stereocenters. The smallest absolute Gasteiger partial charge is 0.144 e. The van der Waals surface area contributed by atoms with Crippen molar-refractivity contribution >= 4 is 5.78 Å². The van der Waals surface area contributed by atoms with Crippen molar-refractivity contribution in [3.05, 3.63) is 35.4 Å². The molecule has 0 radical (unpaired) electrons. The fourth-order valence-corrected chi connectivity index (χ4v) is 2.12. The van der Waals surface area contributed by atoms with E-state index in [0.29, 0.717) is 12.2 Å². The number of hydrogen-bond donors (Lipinski definition) is 0. The molecule has 1 atom stereocenters. The SMILES string of the molecule is CCC[C@@H]1C(=O)Cc2ccccc21. The lowest BCUT2D eigenvalue weighted by Crippen LogP contribution is -2.05. The first kappa shape index (κ1) is 8.49. The average molecular weight is 174 g/mol. The van der Waals surface area contributed by atoms with Gasteiger partial charge in [0, 0.05) is 12.3 Å². The highest BCUT2D eigenvalue weighted by atomic mass is 16.1. The summed E-state index contributed by atoms with van der Waals surface area (Å²) in [5, 5.41) is 0. The van der Waals surface area contributed by atoms with Crippen LogP contribution in [0, 0.1) is 0 Å². The van der Waals surface area contributed by atoms with Gasteiger partial charge in [-0.3, -0.25) is 4.79 Å². The van der Waals surface area contributed by atoms with Crippen LogP contribution in [-0.4, -0.2) is 5.78 Å². The second kappa shape index (κ2) is 3.33. The summed E-state index contributed by atoms with van der Waals surface area (Å²) in [6.07, 6.45) is 2.75. The molecule has 1 aliphatic rings. The predicted molar refractivity (Wildman–Crippen MR) is 52.8 cm³/mol. The summed E-state index contributed by atoms with van der Waals surface area (Å²) in [5.41, 5.74) is 2.51. The van der Waals surface area contributed by atoms with Gasteiger partial charge < -0.3 is 0 Å². The normalized spacial score (nSPS) is 20.4. The lowest BCUT2D eigenvalue weighted by molar-refractivity contribution is -0.119. The van der Waals surface area contributed by atoms with Gasteiger partial charge >= 0.3 is 0 Å². The molecular formula is C12H14O. The Morgan fingerprint density at radius 3 is 2.92 bits per heavy atom. The van der Waals surface area contributed by atoms with Gasteiger partial charge in [0.2, 0.25) is 0 Å². The molecule has 0 aliphatic heterocycles. The van der Waals surface area contributed by atoms with Crippen LogP contribution in [0.5, 0.6) is 0 Å². The molecule has 13 heavy (non-hydrogen) atoms. The predicted octanol–water partition coefficient (Wildman–Crippen LogP) is 2.70. The standard InChI is InChI=1S/C12H14O/c1-2-5-11-10-7-4-3-6-9(10)8-12(11)13/h3-4,6-7,11H,2,5,8H2,1H3/t11-/m0/s1. The monoisotopic (exact) mass is 174 g/mol. The maximum absolute atomic E-state index is 11.6. The molecular weight excluding hydrogens is 160 g/mol. The van der Waals surface area contributed by atoms with Gasteiger partial charge in [0.25, 0.3) is 0 Å². The maximum Gasteiger partial charge on any atom is 0.144 e. The largest absolute Gasteiger partial charge is 0.299 e. The maximum atomic E-state index is 11.6. The highest BCUT2D eigenvalue weighted by molar-refractivity contribution is 5.92. The molecule has 68 valence electrons. The molecule has 1 heteroatoms. The van der Waals surface area contributed by atoms with Crippen LogP contribution in [0.4, 0.5) is 0 Å². The minimum Gasteiger partial charge on any atom is -0.299 e. The molecule has 0 spiro atoms. The Morgan fingerprint density at radius 2 is 2.15 bits per heavy atom. The quantitative estimate of drug-likeness (QED) is 0.673. The third-order valence-corrected chi connectivity index (χ3v) is 2.76. The Labute approximate surface area is 78.8 Å². The lowest BCUT2D eigenvalue weighted by atomic mass is 9.96. The zero-order valence-electron chi connectivity index (χ0n) is 7.92. The summed E-state index contributed by atoms with van der Waals surface area (Å²) in [4.78, 5) is 11.6. The molecule has 0 bridgehead atoms. The second-order valence-corrected chi connectivity index (χ2v) is 3.68. The van der Waals surface area contributed by atoms with Crippen LogP contribution in [-0.2, 0) is 11.2 Å². The number of ketones is 1. The van der Waals surface area contributed by atoms with E-state index in [0.717, 1.165) is 12.8 Å². The number of hydrogen-bond acceptors (Lipinski definition) is 1. The first-order chi connectivity index (χ1) is 6.33. The Hall–Kier alpha value is -1.11. The molecule has 0 N–H and O–H groups in total. The molecule has 0 aromatic heterocycles. The van der Waals surface area contributed by atoms with Crippen molar-refractivity contribution in [2.45, 2.75) is 32.1 Å². The third kappa shape index (κ3) is 1.39. The van der Waals surface area contributed by atoms with E-state index in [9.17, 15) is 4.79 Å². The van der Waals surface area contributed by atoms with Crippen molar-refractivity contribution < 1.29 is 4.79 Å². The van der Waals surface area contributed by atoms with E-state index in [1.807, 2.05) is 12.1 Å². The van der Waals surface area contributed by atoms with Crippen molar-refractivity contribution in [1.82, 2.24) is 0 Å². The fourth-order valence-electron chi connectivity index (χ4n) is 2.12. The van der Waals surface area contributed by atoms with E-state index in [4.69, 9.17) is 0 Å². The van der Waals surface area contributed by atoms with E-state index in [-0.39, 0.29) is 5.92 Å². The third-order valence-electron chi connectivity index (χ3n) is 2.76. The van der Waals surface area contributed by atoms with Crippen molar-refractivity contribution in [3.8, 4) is 0 Å². The molecule has 2 rings (SSSR count). The van der Waals surface area contributed by atoms with E-state index in [2.05, 4.69) is 19.1 Å². The van der Waals surface area contributed by atoms with E-state index >= 15 is 0 Å². The van der Waals surface area contributed by atoms with Crippen LogP contribution < -0.4 is 0 Å². The van der Waals surface area contributed by atoms with Crippen LogP contribution in [0.1, 0.15) is 36.8 Å². The zero-order valence-corrected chi connectivity index (χ0v) is 7.92. The average Bonchev–Trinajstić information content (AvgIpc) is 2.44. The molecule has 1 aromatic rings. The van der Waals surface area contributed by atoms with Crippen LogP contribution >= 0.6 is 0 Å². The van der Waals surface area contributed by atoms with Crippen LogP contribution in [0.2, 0.25) is 0 Å². The van der Waals surface area contributed by atoms with Gasteiger partial charge in [0.05, 0.1) is 0 Å². The van der Waals surface area contributed by atoms with Crippen molar-refractivity contribution in [1.29, 1.82) is 0 Å². The highest BCUT2D eigenvalue weighted by Crippen LogP contribution is 2.33. The Balaban J connectivity index is 2.35. The molecule has 1 aliphatic carbocycles. The van der Waals surface area contributed by atoms with Gasteiger partial charge in [-0.05, 0) is 17.5 Å². The molecule has 0 fully saturated rings. The van der Waals surface area contributed by atoms with Crippen molar-refractivity contribution in [3.63, 3.8) is 0 Å². The highest BCUT2D eigenvalue weighted by Gasteiger charge is 2.28. The number of rotatable bonds is 2. The zero-order chi connectivity index (χ0) is 9.26. The Bertz CT molecular complexity index is 328. The van der Waals surface area contributed by atoms with Crippen LogP contribution in [0.3, 0.4) is 0 Å². The summed E-state index contributed by atoms with van der Waals surface area (Å²) in [5.74, 6) is 0.601. The minimum absolute atomic E-state index is 0.196. The molecule has 0 saturated heterocycles. The van der Waals surface area contributed by atoms with Gasteiger partial charge in [-0.2, -0.15) is 0 Å². The first-order valence-electron chi connectivity index (χ1n) is 4.93. The molecule has 0 saturated carbocycles. The Kier molecular flexibility index (Phi) is 2.17.